The van der Waals surface area contributed by atoms with Crippen LogP contribution in [0.4, 0.5) is 5.13 Å². The second-order valence-corrected chi connectivity index (χ2v) is 6.64. The van der Waals surface area contributed by atoms with Crippen LogP contribution in [0.3, 0.4) is 0 Å². The second kappa shape index (κ2) is 6.10. The lowest BCUT2D eigenvalue weighted by Crippen LogP contribution is -2.55. The Morgan fingerprint density at radius 1 is 1.40 bits per heavy atom. The lowest BCUT2D eigenvalue weighted by molar-refractivity contribution is -0.134. The number of piperidine rings is 1. The number of nitrogens with zero attached hydrogens (tertiary/aromatic N) is 3. The molecule has 1 aromatic heterocycles. The first-order chi connectivity index (χ1) is 9.74. The van der Waals surface area contributed by atoms with E-state index in [9.17, 15) is 4.79 Å². The van der Waals surface area contributed by atoms with E-state index in [1.54, 1.807) is 11.3 Å². The van der Waals surface area contributed by atoms with Gasteiger partial charge in [-0.3, -0.25) is 4.79 Å². The average molecular weight is 294 g/mol. The molecule has 110 valence electrons. The van der Waals surface area contributed by atoms with E-state index in [2.05, 4.69) is 22.1 Å². The monoisotopic (exact) mass is 294 g/mol. The Balaban J connectivity index is 1.53. The molecule has 3 heterocycles. The lowest BCUT2D eigenvalue weighted by atomic mass is 9.93. The van der Waals surface area contributed by atoms with Crippen molar-refractivity contribution in [2.45, 2.75) is 25.8 Å². The number of hydrogen-bond donors (Lipinski definition) is 1. The number of nitrogens with one attached hydrogen (secondary N) is 1. The van der Waals surface area contributed by atoms with Crippen LogP contribution in [-0.4, -0.2) is 54.6 Å². The quantitative estimate of drug-likeness (QED) is 0.890. The molecule has 0 radical (unpaired) electrons. The molecule has 6 heteroatoms. The number of piperazine rings is 1. The minimum atomic E-state index is 0.0326. The van der Waals surface area contributed by atoms with Gasteiger partial charge in [0.15, 0.2) is 5.13 Å². The highest BCUT2D eigenvalue weighted by Crippen LogP contribution is 2.21. The highest BCUT2D eigenvalue weighted by atomic mass is 32.1. The predicted molar refractivity (Wildman–Crippen MR) is 81.1 cm³/mol. The van der Waals surface area contributed by atoms with Crippen molar-refractivity contribution in [3.05, 3.63) is 11.6 Å². The number of hydrogen-bond acceptors (Lipinski definition) is 5. The number of anilines is 1. The summed E-state index contributed by atoms with van der Waals surface area (Å²) in [5.41, 5.74) is 0. The first-order valence-corrected chi connectivity index (χ1v) is 8.28. The summed E-state index contributed by atoms with van der Waals surface area (Å²) in [5, 5.41) is 6.44. The van der Waals surface area contributed by atoms with Gasteiger partial charge >= 0.3 is 0 Å². The molecule has 2 saturated heterocycles. The zero-order valence-corrected chi connectivity index (χ0v) is 12.7. The Labute approximate surface area is 124 Å². The van der Waals surface area contributed by atoms with Crippen molar-refractivity contribution in [3.8, 4) is 0 Å². The van der Waals surface area contributed by atoms with Gasteiger partial charge in [-0.2, -0.15) is 0 Å². The first-order valence-electron chi connectivity index (χ1n) is 7.40. The van der Waals surface area contributed by atoms with Gasteiger partial charge in [-0.15, -0.1) is 11.3 Å². The van der Waals surface area contributed by atoms with E-state index in [-0.39, 0.29) is 11.9 Å². The molecule has 1 aromatic rings. The Kier molecular flexibility index (Phi) is 4.21. The molecule has 20 heavy (non-hydrogen) atoms. The van der Waals surface area contributed by atoms with Crippen LogP contribution >= 0.6 is 11.3 Å². The number of amides is 1. The molecule has 2 fully saturated rings. The van der Waals surface area contributed by atoms with Crippen molar-refractivity contribution >= 4 is 22.4 Å². The molecule has 2 atom stereocenters. The smallest absolute Gasteiger partial charge is 0.239 e. The van der Waals surface area contributed by atoms with E-state index >= 15 is 0 Å². The van der Waals surface area contributed by atoms with E-state index in [4.69, 9.17) is 0 Å². The van der Waals surface area contributed by atoms with E-state index < -0.39 is 0 Å². The SMILES string of the molecule is CC1CCNC(C(=O)N2CCN(c3nccs3)CC2)C1. The topological polar surface area (TPSA) is 48.5 Å². The Hall–Kier alpha value is -1.14. The Bertz CT molecular complexity index is 442. The average Bonchev–Trinajstić information content (AvgIpc) is 3.01. The van der Waals surface area contributed by atoms with Crippen LogP contribution in [0.5, 0.6) is 0 Å². The van der Waals surface area contributed by atoms with Gasteiger partial charge in [0.1, 0.15) is 0 Å². The summed E-state index contributed by atoms with van der Waals surface area (Å²) >= 11 is 1.67. The van der Waals surface area contributed by atoms with Gasteiger partial charge in [-0.25, -0.2) is 4.98 Å². The predicted octanol–water partition coefficient (Wildman–Crippen LogP) is 1.18. The van der Waals surface area contributed by atoms with Gasteiger partial charge < -0.3 is 15.1 Å². The summed E-state index contributed by atoms with van der Waals surface area (Å²) in [7, 11) is 0. The minimum absolute atomic E-state index is 0.0326. The summed E-state index contributed by atoms with van der Waals surface area (Å²) < 4.78 is 0. The standard InChI is InChI=1S/C14H22N4OS/c1-11-2-3-15-12(10-11)13(19)17-5-7-18(8-6-17)14-16-4-9-20-14/h4,9,11-12,15H,2-3,5-8,10H2,1H3. The highest BCUT2D eigenvalue weighted by molar-refractivity contribution is 7.13. The van der Waals surface area contributed by atoms with Crippen LogP contribution in [0, 0.1) is 5.92 Å². The fraction of sp³-hybridized carbons (Fsp3) is 0.714. The molecule has 3 rings (SSSR count). The second-order valence-electron chi connectivity index (χ2n) is 5.76. The maximum Gasteiger partial charge on any atom is 0.239 e. The maximum absolute atomic E-state index is 12.5. The molecule has 0 saturated carbocycles. The van der Waals surface area contributed by atoms with Crippen molar-refractivity contribution in [3.63, 3.8) is 0 Å². The van der Waals surface area contributed by atoms with Crippen molar-refractivity contribution in [2.75, 3.05) is 37.6 Å². The van der Waals surface area contributed by atoms with E-state index in [1.165, 1.54) is 6.42 Å². The van der Waals surface area contributed by atoms with Crippen LogP contribution < -0.4 is 10.2 Å². The van der Waals surface area contributed by atoms with E-state index in [1.807, 2.05) is 16.5 Å². The third-order valence-corrected chi connectivity index (χ3v) is 5.08. The molecule has 1 N–H and O–H groups in total. The van der Waals surface area contributed by atoms with E-state index in [0.717, 1.165) is 44.3 Å². The van der Waals surface area contributed by atoms with Gasteiger partial charge in [-0.05, 0) is 25.3 Å². The van der Waals surface area contributed by atoms with Crippen molar-refractivity contribution in [1.82, 2.24) is 15.2 Å². The summed E-state index contributed by atoms with van der Waals surface area (Å²) in [6.07, 6.45) is 4.00. The van der Waals surface area contributed by atoms with E-state index in [0.29, 0.717) is 5.92 Å². The number of thiazole rings is 1. The van der Waals surface area contributed by atoms with Crippen LogP contribution in [0.25, 0.3) is 0 Å². The van der Waals surface area contributed by atoms with Gasteiger partial charge in [0, 0.05) is 37.8 Å². The molecular weight excluding hydrogens is 272 g/mol. The summed E-state index contributed by atoms with van der Waals surface area (Å²) in [6, 6.07) is 0.0326. The molecule has 0 aliphatic carbocycles. The molecule has 0 bridgehead atoms. The molecule has 2 aliphatic heterocycles. The van der Waals surface area contributed by atoms with Crippen LogP contribution in [0.2, 0.25) is 0 Å². The van der Waals surface area contributed by atoms with Crippen molar-refractivity contribution in [1.29, 1.82) is 0 Å². The van der Waals surface area contributed by atoms with Gasteiger partial charge in [-0.1, -0.05) is 6.92 Å². The third-order valence-electron chi connectivity index (χ3n) is 4.25. The van der Waals surface area contributed by atoms with Crippen LogP contribution in [-0.2, 0) is 4.79 Å². The number of carbonyl (C=O) groups is 1. The molecule has 0 spiro atoms. The van der Waals surface area contributed by atoms with Crippen molar-refractivity contribution in [2.24, 2.45) is 5.92 Å². The molecule has 2 aliphatic rings. The number of aromatic nitrogens is 1. The van der Waals surface area contributed by atoms with Gasteiger partial charge in [0.2, 0.25) is 5.91 Å². The van der Waals surface area contributed by atoms with Gasteiger partial charge in [0.25, 0.3) is 0 Å². The summed E-state index contributed by atoms with van der Waals surface area (Å²) in [4.78, 5) is 21.1. The molecule has 2 unspecified atom stereocenters. The first kappa shape index (κ1) is 13.8. The minimum Gasteiger partial charge on any atom is -0.345 e. The van der Waals surface area contributed by atoms with Crippen molar-refractivity contribution < 1.29 is 4.79 Å². The lowest BCUT2D eigenvalue weighted by Gasteiger charge is -2.38. The summed E-state index contributed by atoms with van der Waals surface area (Å²) in [6.45, 7) is 6.61. The van der Waals surface area contributed by atoms with Gasteiger partial charge in [0.05, 0.1) is 6.04 Å². The summed E-state index contributed by atoms with van der Waals surface area (Å²) in [5.74, 6) is 0.942. The number of rotatable bonds is 2. The maximum atomic E-state index is 12.5. The third kappa shape index (κ3) is 2.96. The van der Waals surface area contributed by atoms with Crippen LogP contribution in [0.15, 0.2) is 11.6 Å². The Morgan fingerprint density at radius 2 is 2.20 bits per heavy atom. The Morgan fingerprint density at radius 3 is 2.85 bits per heavy atom. The fourth-order valence-corrected chi connectivity index (χ4v) is 3.70. The number of carbonyl (C=O) groups excluding carboxylic acids is 1. The molecule has 1 amide bonds. The normalized spacial score (nSPS) is 27.6. The zero-order chi connectivity index (χ0) is 13.9. The zero-order valence-electron chi connectivity index (χ0n) is 11.9. The largest absolute Gasteiger partial charge is 0.345 e. The van der Waals surface area contributed by atoms with Crippen LogP contribution in [0.1, 0.15) is 19.8 Å². The fourth-order valence-electron chi connectivity index (χ4n) is 3.01. The molecular formula is C14H22N4OS. The molecule has 0 aromatic carbocycles. The molecule has 5 nitrogen and oxygen atoms in total. The highest BCUT2D eigenvalue weighted by Gasteiger charge is 2.30.